The third kappa shape index (κ3) is 1.64. The smallest absolute Gasteiger partial charge is 0.0696 e. The standard InChI is InChI=1S/C9H10N4S/c1-6-2-3-11-4-7(6)9(10)8-5-12-13-14-8/h2-5,9H,10H2,1H3. The highest BCUT2D eigenvalue weighted by molar-refractivity contribution is 7.05. The average molecular weight is 206 g/mol. The molecule has 0 amide bonds. The number of pyridine rings is 1. The van der Waals surface area contributed by atoms with Crippen molar-refractivity contribution in [2.45, 2.75) is 13.0 Å². The number of aryl methyl sites for hydroxylation is 1. The average Bonchev–Trinajstić information content (AvgIpc) is 2.70. The van der Waals surface area contributed by atoms with Gasteiger partial charge in [-0.2, -0.15) is 0 Å². The summed E-state index contributed by atoms with van der Waals surface area (Å²) >= 11 is 1.32. The largest absolute Gasteiger partial charge is 0.319 e. The van der Waals surface area contributed by atoms with E-state index in [4.69, 9.17) is 5.73 Å². The van der Waals surface area contributed by atoms with E-state index in [2.05, 4.69) is 14.6 Å². The van der Waals surface area contributed by atoms with Crippen molar-refractivity contribution in [2.24, 2.45) is 5.73 Å². The van der Waals surface area contributed by atoms with Crippen molar-refractivity contribution >= 4 is 11.5 Å². The molecule has 0 aliphatic rings. The molecule has 2 rings (SSSR count). The summed E-state index contributed by atoms with van der Waals surface area (Å²) in [5, 5.41) is 3.77. The number of hydrogen-bond acceptors (Lipinski definition) is 5. The van der Waals surface area contributed by atoms with Gasteiger partial charge < -0.3 is 5.73 Å². The summed E-state index contributed by atoms with van der Waals surface area (Å²) in [5.41, 5.74) is 8.22. The molecule has 0 aliphatic heterocycles. The lowest BCUT2D eigenvalue weighted by atomic mass is 10.0. The predicted octanol–water partition coefficient (Wildman–Crippen LogP) is 1.29. The molecule has 0 saturated heterocycles. The van der Waals surface area contributed by atoms with E-state index in [1.165, 1.54) is 11.5 Å². The lowest BCUT2D eigenvalue weighted by Gasteiger charge is -2.10. The van der Waals surface area contributed by atoms with E-state index < -0.39 is 0 Å². The molecule has 4 nitrogen and oxygen atoms in total. The van der Waals surface area contributed by atoms with Gasteiger partial charge in [0, 0.05) is 12.4 Å². The predicted molar refractivity (Wildman–Crippen MR) is 54.9 cm³/mol. The molecule has 0 bridgehead atoms. The lowest BCUT2D eigenvalue weighted by molar-refractivity contribution is 0.868. The number of nitrogens with two attached hydrogens (primary N) is 1. The molecule has 1 atom stereocenters. The zero-order valence-electron chi connectivity index (χ0n) is 7.71. The fraction of sp³-hybridized carbons (Fsp3) is 0.222. The van der Waals surface area contributed by atoms with Crippen LogP contribution in [0.15, 0.2) is 24.7 Å². The Labute approximate surface area is 86.0 Å². The van der Waals surface area contributed by atoms with E-state index in [9.17, 15) is 0 Å². The van der Waals surface area contributed by atoms with Crippen molar-refractivity contribution in [1.29, 1.82) is 0 Å². The number of rotatable bonds is 2. The summed E-state index contributed by atoms with van der Waals surface area (Å²) in [4.78, 5) is 5.02. The Hall–Kier alpha value is -1.33. The van der Waals surface area contributed by atoms with Gasteiger partial charge in [-0.1, -0.05) is 4.49 Å². The van der Waals surface area contributed by atoms with Gasteiger partial charge in [0.15, 0.2) is 0 Å². The molecule has 2 aromatic heterocycles. The maximum atomic E-state index is 6.05. The number of aromatic nitrogens is 3. The molecule has 0 saturated carbocycles. The molecule has 14 heavy (non-hydrogen) atoms. The van der Waals surface area contributed by atoms with Crippen LogP contribution in [0.4, 0.5) is 0 Å². The molecular weight excluding hydrogens is 196 g/mol. The van der Waals surface area contributed by atoms with Crippen molar-refractivity contribution in [3.8, 4) is 0 Å². The second kappa shape index (κ2) is 3.81. The molecule has 2 aromatic rings. The fourth-order valence-electron chi connectivity index (χ4n) is 1.27. The van der Waals surface area contributed by atoms with E-state index in [-0.39, 0.29) is 6.04 Å². The van der Waals surface area contributed by atoms with Crippen LogP contribution in [0.2, 0.25) is 0 Å². The summed E-state index contributed by atoms with van der Waals surface area (Å²) in [6, 6.07) is 1.78. The monoisotopic (exact) mass is 206 g/mol. The Morgan fingerprint density at radius 2 is 2.29 bits per heavy atom. The minimum absolute atomic E-state index is 0.163. The van der Waals surface area contributed by atoms with Crippen LogP contribution in [-0.4, -0.2) is 14.6 Å². The molecular formula is C9H10N4S. The van der Waals surface area contributed by atoms with Crippen molar-refractivity contribution < 1.29 is 0 Å². The second-order valence-corrected chi connectivity index (χ2v) is 3.85. The van der Waals surface area contributed by atoms with Gasteiger partial charge in [0.2, 0.25) is 0 Å². The fourth-order valence-corrected chi connectivity index (χ4v) is 1.79. The van der Waals surface area contributed by atoms with Gasteiger partial charge in [0.05, 0.1) is 17.1 Å². The van der Waals surface area contributed by atoms with E-state index in [1.807, 2.05) is 13.0 Å². The molecule has 5 heteroatoms. The van der Waals surface area contributed by atoms with E-state index >= 15 is 0 Å². The van der Waals surface area contributed by atoms with Crippen LogP contribution in [0.5, 0.6) is 0 Å². The first-order chi connectivity index (χ1) is 6.79. The summed E-state index contributed by atoms with van der Waals surface area (Å²) < 4.78 is 3.79. The van der Waals surface area contributed by atoms with Crippen LogP contribution in [0.25, 0.3) is 0 Å². The maximum Gasteiger partial charge on any atom is 0.0696 e. The molecule has 0 fully saturated rings. The topological polar surface area (TPSA) is 64.7 Å². The van der Waals surface area contributed by atoms with E-state index in [0.29, 0.717) is 0 Å². The van der Waals surface area contributed by atoms with Gasteiger partial charge >= 0.3 is 0 Å². The van der Waals surface area contributed by atoms with Crippen molar-refractivity contribution in [3.05, 3.63) is 40.7 Å². The highest BCUT2D eigenvalue weighted by Crippen LogP contribution is 2.22. The second-order valence-electron chi connectivity index (χ2n) is 3.03. The van der Waals surface area contributed by atoms with Gasteiger partial charge in [-0.3, -0.25) is 4.98 Å². The van der Waals surface area contributed by atoms with Gasteiger partial charge in [0.25, 0.3) is 0 Å². The molecule has 1 unspecified atom stereocenters. The Morgan fingerprint density at radius 1 is 1.43 bits per heavy atom. The van der Waals surface area contributed by atoms with E-state index in [1.54, 1.807) is 18.6 Å². The molecule has 0 radical (unpaired) electrons. The Morgan fingerprint density at radius 3 is 2.93 bits per heavy atom. The minimum Gasteiger partial charge on any atom is -0.319 e. The Bertz CT molecular complexity index is 413. The third-order valence-electron chi connectivity index (χ3n) is 2.10. The summed E-state index contributed by atoms with van der Waals surface area (Å²) in [7, 11) is 0. The zero-order valence-corrected chi connectivity index (χ0v) is 8.53. The SMILES string of the molecule is Cc1ccncc1C(N)c1cnns1. The first-order valence-electron chi connectivity index (χ1n) is 4.22. The number of nitrogens with zero attached hydrogens (tertiary/aromatic N) is 3. The maximum absolute atomic E-state index is 6.05. The van der Waals surface area contributed by atoms with E-state index in [0.717, 1.165) is 16.0 Å². The van der Waals surface area contributed by atoms with Crippen LogP contribution in [0, 0.1) is 6.92 Å². The van der Waals surface area contributed by atoms with Gasteiger partial charge in [0.1, 0.15) is 0 Å². The van der Waals surface area contributed by atoms with Crippen LogP contribution in [-0.2, 0) is 0 Å². The third-order valence-corrected chi connectivity index (χ3v) is 2.85. The van der Waals surface area contributed by atoms with Crippen LogP contribution < -0.4 is 5.73 Å². The molecule has 0 aliphatic carbocycles. The molecule has 2 N–H and O–H groups in total. The summed E-state index contributed by atoms with van der Waals surface area (Å²) in [5.74, 6) is 0. The molecule has 2 heterocycles. The Balaban J connectivity index is 2.37. The first-order valence-corrected chi connectivity index (χ1v) is 4.99. The van der Waals surface area contributed by atoms with Crippen LogP contribution in [0.1, 0.15) is 22.0 Å². The zero-order chi connectivity index (χ0) is 9.97. The summed E-state index contributed by atoms with van der Waals surface area (Å²) in [6.07, 6.45) is 5.25. The van der Waals surface area contributed by atoms with Crippen molar-refractivity contribution in [2.75, 3.05) is 0 Å². The molecule has 0 aromatic carbocycles. The first kappa shape index (κ1) is 9.23. The highest BCUT2D eigenvalue weighted by atomic mass is 32.1. The van der Waals surface area contributed by atoms with Crippen LogP contribution >= 0.6 is 11.5 Å². The van der Waals surface area contributed by atoms with Crippen LogP contribution in [0.3, 0.4) is 0 Å². The molecule has 0 spiro atoms. The highest BCUT2D eigenvalue weighted by Gasteiger charge is 2.13. The number of hydrogen-bond donors (Lipinski definition) is 1. The Kier molecular flexibility index (Phi) is 2.51. The van der Waals surface area contributed by atoms with Crippen molar-refractivity contribution in [3.63, 3.8) is 0 Å². The van der Waals surface area contributed by atoms with Gasteiger partial charge in [-0.25, -0.2) is 0 Å². The quantitative estimate of drug-likeness (QED) is 0.804. The van der Waals surface area contributed by atoms with Gasteiger partial charge in [-0.05, 0) is 35.6 Å². The summed E-state index contributed by atoms with van der Waals surface area (Å²) in [6.45, 7) is 2.02. The normalized spacial score (nSPS) is 12.7. The lowest BCUT2D eigenvalue weighted by Crippen LogP contribution is -2.12. The minimum atomic E-state index is -0.163. The molecule has 72 valence electrons. The van der Waals surface area contributed by atoms with Gasteiger partial charge in [-0.15, -0.1) is 5.10 Å². The van der Waals surface area contributed by atoms with Crippen molar-refractivity contribution in [1.82, 2.24) is 14.6 Å².